The van der Waals surface area contributed by atoms with Crippen LogP contribution in [-0.4, -0.2) is 40.9 Å². The molecule has 4 nitrogen and oxygen atoms in total. The molecule has 11 heteroatoms. The van der Waals surface area contributed by atoms with Gasteiger partial charge in [0.1, 0.15) is 25.2 Å². The van der Waals surface area contributed by atoms with Gasteiger partial charge in [0, 0.05) is 23.4 Å². The van der Waals surface area contributed by atoms with E-state index in [9.17, 15) is 40.6 Å². The first-order valence-corrected chi connectivity index (χ1v) is 8.23. The maximum atomic E-state index is 13.8. The predicted octanol–water partition coefficient (Wildman–Crippen LogP) is 3.52. The van der Waals surface area contributed by atoms with Crippen molar-refractivity contribution in [3.8, 4) is 5.75 Å². The quantitative estimate of drug-likeness (QED) is 0.763. The van der Waals surface area contributed by atoms with Crippen molar-refractivity contribution in [1.29, 1.82) is 0 Å². The molecular formula is C18H14F7NO3. The number of aliphatic hydroxyl groups is 1. The number of ether oxygens (including phenoxy) is 1. The Kier molecular flexibility index (Phi) is 5.14. The van der Waals surface area contributed by atoms with E-state index in [2.05, 4.69) is 0 Å². The highest BCUT2D eigenvalue weighted by Crippen LogP contribution is 2.48. The number of aromatic nitrogens is 1. The molecule has 0 aliphatic carbocycles. The largest absolute Gasteiger partial charge is 0.479 e. The van der Waals surface area contributed by atoms with E-state index in [1.807, 2.05) is 0 Å². The van der Waals surface area contributed by atoms with Crippen molar-refractivity contribution in [1.82, 2.24) is 4.57 Å². The number of halogens is 7. The number of benzene rings is 1. The van der Waals surface area contributed by atoms with Crippen LogP contribution in [0.15, 0.2) is 47.4 Å². The van der Waals surface area contributed by atoms with Gasteiger partial charge in [-0.15, -0.1) is 0 Å². The molecule has 0 bridgehead atoms. The Bertz CT molecular complexity index is 953. The van der Waals surface area contributed by atoms with Gasteiger partial charge in [0.15, 0.2) is 5.60 Å². The lowest BCUT2D eigenvalue weighted by atomic mass is 9.84. The van der Waals surface area contributed by atoms with Gasteiger partial charge in [0.2, 0.25) is 0 Å². The van der Waals surface area contributed by atoms with Crippen LogP contribution in [0.2, 0.25) is 0 Å². The summed E-state index contributed by atoms with van der Waals surface area (Å²) in [5, 5.41) is 10.6. The zero-order valence-corrected chi connectivity index (χ0v) is 14.5. The van der Waals surface area contributed by atoms with Crippen molar-refractivity contribution in [2.24, 2.45) is 0 Å². The lowest BCUT2D eigenvalue weighted by Crippen LogP contribution is -2.59. The highest BCUT2D eigenvalue weighted by atomic mass is 19.4. The molecule has 2 atom stereocenters. The predicted molar refractivity (Wildman–Crippen MR) is 86.5 cm³/mol. The van der Waals surface area contributed by atoms with E-state index >= 15 is 0 Å². The van der Waals surface area contributed by atoms with Gasteiger partial charge >= 0.3 is 12.1 Å². The molecule has 0 spiro atoms. The van der Waals surface area contributed by atoms with Crippen LogP contribution >= 0.6 is 0 Å². The molecule has 3 rings (SSSR count). The maximum absolute atomic E-state index is 13.8. The van der Waals surface area contributed by atoms with Crippen molar-refractivity contribution < 1.29 is 40.6 Å². The second-order valence-electron chi connectivity index (χ2n) is 6.59. The fraction of sp³-hybridized carbons (Fsp3) is 0.389. The van der Waals surface area contributed by atoms with Crippen LogP contribution in [0.3, 0.4) is 0 Å². The highest BCUT2D eigenvalue weighted by Gasteiger charge is 2.59. The van der Waals surface area contributed by atoms with Gasteiger partial charge in [-0.05, 0) is 24.3 Å². The molecule has 0 unspecified atom stereocenters. The summed E-state index contributed by atoms with van der Waals surface area (Å²) in [6.07, 6.45) is -6.89. The monoisotopic (exact) mass is 425 g/mol. The van der Waals surface area contributed by atoms with Crippen LogP contribution in [0.5, 0.6) is 5.75 Å². The summed E-state index contributed by atoms with van der Waals surface area (Å²) in [5.74, 6) is -5.67. The molecule has 1 aromatic heterocycles. The van der Waals surface area contributed by atoms with Gasteiger partial charge in [-0.3, -0.25) is 4.79 Å². The Labute approximate surface area is 159 Å². The Morgan fingerprint density at radius 1 is 1.07 bits per heavy atom. The zero-order chi connectivity index (χ0) is 21.6. The third-order valence-electron chi connectivity index (χ3n) is 4.80. The number of nitrogens with zero attached hydrogens (tertiary/aromatic N) is 1. The molecule has 0 saturated carbocycles. The highest BCUT2D eigenvalue weighted by molar-refractivity contribution is 5.45. The normalized spacial score (nSPS) is 21.4. The average molecular weight is 425 g/mol. The Morgan fingerprint density at radius 3 is 2.28 bits per heavy atom. The van der Waals surface area contributed by atoms with Crippen molar-refractivity contribution >= 4 is 0 Å². The molecule has 1 aromatic carbocycles. The average Bonchev–Trinajstić information content (AvgIpc) is 2.67. The van der Waals surface area contributed by atoms with E-state index in [0.717, 1.165) is 16.8 Å². The second kappa shape index (κ2) is 7.05. The van der Waals surface area contributed by atoms with Crippen molar-refractivity contribution in [3.05, 3.63) is 64.1 Å². The topological polar surface area (TPSA) is 51.5 Å². The summed E-state index contributed by atoms with van der Waals surface area (Å²) < 4.78 is 99.0. The molecule has 0 radical (unpaired) electrons. The summed E-state index contributed by atoms with van der Waals surface area (Å²) in [7, 11) is 0. The van der Waals surface area contributed by atoms with E-state index in [-0.39, 0.29) is 0 Å². The Balaban J connectivity index is 2.27. The van der Waals surface area contributed by atoms with Crippen molar-refractivity contribution in [2.45, 2.75) is 29.8 Å². The summed E-state index contributed by atoms with van der Waals surface area (Å²) in [6.45, 7) is -3.08. The van der Waals surface area contributed by atoms with Crippen molar-refractivity contribution in [2.75, 3.05) is 13.3 Å². The second-order valence-corrected chi connectivity index (χ2v) is 6.59. The van der Waals surface area contributed by atoms with E-state index in [1.54, 1.807) is 0 Å². The number of fused-ring (bicyclic) bond motifs is 1. The fourth-order valence-electron chi connectivity index (χ4n) is 3.19. The first kappa shape index (κ1) is 21.2. The minimum Gasteiger partial charge on any atom is -0.479 e. The summed E-state index contributed by atoms with van der Waals surface area (Å²) in [6, 6.07) is 3.54. The Hall–Kier alpha value is -2.56. The van der Waals surface area contributed by atoms with E-state index in [4.69, 9.17) is 4.74 Å². The molecule has 2 aromatic rings. The number of hydrogen-bond donors (Lipinski definition) is 1. The van der Waals surface area contributed by atoms with Crippen LogP contribution < -0.4 is 10.3 Å². The van der Waals surface area contributed by atoms with Crippen molar-refractivity contribution in [3.63, 3.8) is 0 Å². The van der Waals surface area contributed by atoms with Gasteiger partial charge in [-0.1, -0.05) is 6.07 Å². The molecule has 1 aliphatic heterocycles. The zero-order valence-electron chi connectivity index (χ0n) is 14.5. The number of rotatable bonds is 4. The molecule has 0 amide bonds. The van der Waals surface area contributed by atoms with Gasteiger partial charge in [-0.2, -0.15) is 22.0 Å². The standard InChI is InChI=1S/C18H14F7NO3/c19-8-16(9-20)15(28)14(26-6-2-1-3-13(26)27)11-7-10(4-5-12(11)29-16)17(21,22)18(23,24)25/h1-7,14-15,28H,8-9H2/t14-,15+/m1/s1. The van der Waals surface area contributed by atoms with Gasteiger partial charge in [0.05, 0.1) is 6.04 Å². The molecule has 158 valence electrons. The smallest absolute Gasteiger partial charge is 0.458 e. The molecule has 2 heterocycles. The molecule has 0 fully saturated rings. The third-order valence-corrected chi connectivity index (χ3v) is 4.80. The first-order valence-electron chi connectivity index (χ1n) is 8.23. The minimum atomic E-state index is -5.91. The summed E-state index contributed by atoms with van der Waals surface area (Å²) in [4.78, 5) is 12.2. The Morgan fingerprint density at radius 2 is 1.72 bits per heavy atom. The van der Waals surface area contributed by atoms with Gasteiger partial charge in [0.25, 0.3) is 5.56 Å². The van der Waals surface area contributed by atoms with Crippen LogP contribution in [0.25, 0.3) is 0 Å². The van der Waals surface area contributed by atoms with Gasteiger partial charge in [-0.25, -0.2) is 8.78 Å². The first-order chi connectivity index (χ1) is 13.5. The molecule has 1 aliphatic rings. The van der Waals surface area contributed by atoms with E-state index in [1.165, 1.54) is 12.1 Å². The van der Waals surface area contributed by atoms with Gasteiger partial charge < -0.3 is 14.4 Å². The lowest BCUT2D eigenvalue weighted by molar-refractivity contribution is -0.289. The molecule has 0 saturated heterocycles. The summed E-state index contributed by atoms with van der Waals surface area (Å²) in [5.41, 5.74) is -5.14. The molecule has 1 N–H and O–H groups in total. The molecular weight excluding hydrogens is 411 g/mol. The summed E-state index contributed by atoms with van der Waals surface area (Å²) >= 11 is 0. The van der Waals surface area contributed by atoms with Crippen LogP contribution in [0.4, 0.5) is 30.7 Å². The van der Waals surface area contributed by atoms with Crippen LogP contribution in [-0.2, 0) is 5.92 Å². The number of pyridine rings is 1. The van der Waals surface area contributed by atoms with E-state index in [0.29, 0.717) is 18.2 Å². The number of alkyl halides is 7. The fourth-order valence-corrected chi connectivity index (χ4v) is 3.19. The maximum Gasteiger partial charge on any atom is 0.458 e. The third kappa shape index (κ3) is 3.26. The SMILES string of the molecule is O=c1ccccn1[C@@H]1c2cc(C(F)(F)C(F)(F)F)ccc2OC(CF)(CF)[C@H]1O. The lowest BCUT2D eigenvalue weighted by Gasteiger charge is -2.43. The minimum absolute atomic E-state index is 0.413. The number of hydrogen-bond acceptors (Lipinski definition) is 3. The van der Waals surface area contributed by atoms with Crippen LogP contribution in [0, 0.1) is 0 Å². The number of aliphatic hydroxyl groups excluding tert-OH is 1. The molecule has 29 heavy (non-hydrogen) atoms. The van der Waals surface area contributed by atoms with Crippen LogP contribution in [0.1, 0.15) is 17.2 Å². The van der Waals surface area contributed by atoms with E-state index < -0.39 is 65.6 Å².